The van der Waals surface area contributed by atoms with Gasteiger partial charge in [-0.15, -0.1) is 0 Å². The summed E-state index contributed by atoms with van der Waals surface area (Å²) >= 11 is 0. The second-order valence-electron chi connectivity index (χ2n) is 6.41. The molecule has 3 rings (SSSR count). The summed E-state index contributed by atoms with van der Waals surface area (Å²) in [5, 5.41) is 9.20. The summed E-state index contributed by atoms with van der Waals surface area (Å²) in [6.07, 6.45) is 1.44. The molecule has 2 aromatic rings. The van der Waals surface area contributed by atoms with Crippen LogP contribution in [0.1, 0.15) is 24.6 Å². The second-order valence-corrected chi connectivity index (χ2v) is 9.93. The minimum absolute atomic E-state index is 0.109. The largest absolute Gasteiger partial charge is 0.534 e. The number of aromatic nitrogens is 1. The average Bonchev–Trinajstić information content (AvgIpc) is 3.03. The number of rotatable bonds is 5. The number of carboxylic acid groups (broad SMARTS) is 1. The minimum Gasteiger partial charge on any atom is -0.481 e. The van der Waals surface area contributed by atoms with Gasteiger partial charge in [-0.1, -0.05) is 0 Å². The Balaban J connectivity index is 2.23. The van der Waals surface area contributed by atoms with Gasteiger partial charge in [0.1, 0.15) is 5.75 Å². The molecule has 0 saturated heterocycles. The van der Waals surface area contributed by atoms with Crippen LogP contribution in [0.5, 0.6) is 5.75 Å². The molecule has 1 unspecified atom stereocenters. The van der Waals surface area contributed by atoms with Crippen molar-refractivity contribution in [3.05, 3.63) is 23.9 Å². The number of benzene rings is 1. The van der Waals surface area contributed by atoms with Gasteiger partial charge in [0.25, 0.3) is 0 Å². The lowest BCUT2D eigenvalue weighted by Crippen LogP contribution is -2.28. The summed E-state index contributed by atoms with van der Waals surface area (Å²) in [6, 6.07) is 2.64. The van der Waals surface area contributed by atoms with Gasteiger partial charge in [0.05, 0.1) is 16.8 Å². The number of hydrogen-bond acceptors (Lipinski definition) is 6. The van der Waals surface area contributed by atoms with Gasteiger partial charge < -0.3 is 13.9 Å². The highest BCUT2D eigenvalue weighted by molar-refractivity contribution is 7.91. The van der Waals surface area contributed by atoms with Gasteiger partial charge in [-0.2, -0.15) is 21.6 Å². The van der Waals surface area contributed by atoms with E-state index in [4.69, 9.17) is 5.11 Å². The van der Waals surface area contributed by atoms with Gasteiger partial charge in [-0.05, 0) is 25.0 Å². The van der Waals surface area contributed by atoms with Crippen LogP contribution in [-0.4, -0.2) is 44.2 Å². The number of sulfone groups is 1. The first-order valence-electron chi connectivity index (χ1n) is 7.81. The van der Waals surface area contributed by atoms with E-state index in [-0.39, 0.29) is 17.3 Å². The van der Waals surface area contributed by atoms with Crippen molar-refractivity contribution in [2.75, 3.05) is 6.26 Å². The summed E-state index contributed by atoms with van der Waals surface area (Å²) in [5.74, 6) is -1.89. The Hall–Kier alpha value is -2.28. The first-order chi connectivity index (χ1) is 12.7. The smallest absolute Gasteiger partial charge is 0.481 e. The van der Waals surface area contributed by atoms with Gasteiger partial charge in [0.15, 0.2) is 9.84 Å². The average molecular weight is 441 g/mol. The summed E-state index contributed by atoms with van der Waals surface area (Å²) in [6.45, 7) is 0. The Morgan fingerprint density at radius 1 is 1.25 bits per heavy atom. The Kier molecular flexibility index (Phi) is 4.65. The van der Waals surface area contributed by atoms with Gasteiger partial charge in [-0.25, -0.2) is 8.42 Å². The normalized spacial score (nSPS) is 17.6. The molecule has 28 heavy (non-hydrogen) atoms. The van der Waals surface area contributed by atoms with E-state index in [1.165, 1.54) is 10.6 Å². The fourth-order valence-corrected chi connectivity index (χ4v) is 4.66. The van der Waals surface area contributed by atoms with E-state index in [1.54, 1.807) is 0 Å². The van der Waals surface area contributed by atoms with Crippen LogP contribution in [0.25, 0.3) is 10.9 Å². The fourth-order valence-electron chi connectivity index (χ4n) is 3.32. The third-order valence-corrected chi connectivity index (χ3v) is 6.44. The maximum absolute atomic E-state index is 12.6. The number of nitrogens with zero attached hydrogens (tertiary/aromatic N) is 1. The molecule has 13 heteroatoms. The van der Waals surface area contributed by atoms with Crippen LogP contribution < -0.4 is 4.18 Å². The van der Waals surface area contributed by atoms with Gasteiger partial charge in [-0.3, -0.25) is 4.79 Å². The first kappa shape index (κ1) is 20.5. The molecule has 2 heterocycles. The highest BCUT2D eigenvalue weighted by atomic mass is 32.2. The molecule has 0 radical (unpaired) electrons. The van der Waals surface area contributed by atoms with Crippen LogP contribution in [0.15, 0.2) is 23.1 Å². The van der Waals surface area contributed by atoms with Crippen LogP contribution in [0.3, 0.4) is 0 Å². The molecule has 0 aliphatic carbocycles. The molecule has 1 aliphatic heterocycles. The van der Waals surface area contributed by atoms with E-state index in [9.17, 15) is 34.8 Å². The summed E-state index contributed by atoms with van der Waals surface area (Å²) in [5.41, 5.74) is -4.97. The maximum atomic E-state index is 12.6. The number of aryl methyl sites for hydroxylation is 1. The quantitative estimate of drug-likeness (QED) is 0.558. The predicted octanol–water partition coefficient (Wildman–Crippen LogP) is 2.24. The Labute approximate surface area is 157 Å². The minimum atomic E-state index is -5.98. The van der Waals surface area contributed by atoms with Gasteiger partial charge in [0, 0.05) is 29.4 Å². The molecule has 1 aliphatic rings. The van der Waals surface area contributed by atoms with Crippen LogP contribution in [0.2, 0.25) is 0 Å². The lowest BCUT2D eigenvalue weighted by Gasteiger charge is -2.16. The number of alkyl halides is 3. The predicted molar refractivity (Wildman–Crippen MR) is 90.3 cm³/mol. The van der Waals surface area contributed by atoms with Crippen LogP contribution in [-0.2, 0) is 31.2 Å². The Morgan fingerprint density at radius 3 is 2.43 bits per heavy atom. The van der Waals surface area contributed by atoms with E-state index < -0.39 is 48.1 Å². The zero-order chi connectivity index (χ0) is 21.1. The highest BCUT2D eigenvalue weighted by Crippen LogP contribution is 2.40. The summed E-state index contributed by atoms with van der Waals surface area (Å²) in [7, 11) is -9.99. The van der Waals surface area contributed by atoms with Crippen molar-refractivity contribution in [1.82, 2.24) is 4.57 Å². The lowest BCUT2D eigenvalue weighted by atomic mass is 10.1. The molecule has 1 aromatic heterocycles. The number of carboxylic acids is 1. The number of aliphatic carboxylic acids is 1. The van der Waals surface area contributed by atoms with Gasteiger partial charge >= 0.3 is 21.6 Å². The molecule has 1 N–H and O–H groups in total. The van der Waals surface area contributed by atoms with Crippen molar-refractivity contribution in [2.24, 2.45) is 0 Å². The molecular formula is C15H14F3NO7S2. The molecule has 0 bridgehead atoms. The number of fused-ring (bicyclic) bond motifs is 3. The standard InChI is InChI=1S/C15H14F3NO7S2/c1-27(22,23)12-7-11(26-28(24,25)15(16,17)18)5-8-4-9-2-3-10(6-13(20)21)19(9)14(8)12/h4-5,7,10H,2-3,6H2,1H3,(H,20,21). The van der Waals surface area contributed by atoms with Crippen molar-refractivity contribution in [2.45, 2.75) is 35.7 Å². The molecule has 1 atom stereocenters. The zero-order valence-electron chi connectivity index (χ0n) is 14.2. The third-order valence-electron chi connectivity index (χ3n) is 4.35. The van der Waals surface area contributed by atoms with Crippen LogP contribution >= 0.6 is 0 Å². The maximum Gasteiger partial charge on any atom is 0.534 e. The van der Waals surface area contributed by atoms with Crippen molar-refractivity contribution in [3.8, 4) is 5.75 Å². The number of hydrogen-bond donors (Lipinski definition) is 1. The zero-order valence-corrected chi connectivity index (χ0v) is 15.9. The van der Waals surface area contributed by atoms with E-state index >= 15 is 0 Å². The number of halogens is 3. The molecule has 1 aromatic carbocycles. The van der Waals surface area contributed by atoms with Crippen molar-refractivity contribution < 1.29 is 44.1 Å². The topological polar surface area (TPSA) is 120 Å². The molecule has 0 spiro atoms. The lowest BCUT2D eigenvalue weighted by molar-refractivity contribution is -0.137. The van der Waals surface area contributed by atoms with E-state index in [0.29, 0.717) is 24.6 Å². The van der Waals surface area contributed by atoms with E-state index in [2.05, 4.69) is 4.18 Å². The van der Waals surface area contributed by atoms with E-state index in [1.807, 2.05) is 0 Å². The Morgan fingerprint density at radius 2 is 1.89 bits per heavy atom. The first-order valence-corrected chi connectivity index (χ1v) is 11.1. The monoisotopic (exact) mass is 441 g/mol. The van der Waals surface area contributed by atoms with Gasteiger partial charge in [0.2, 0.25) is 0 Å². The number of carbonyl (C=O) groups is 1. The summed E-state index contributed by atoms with van der Waals surface area (Å²) < 4.78 is 90.3. The molecular weight excluding hydrogens is 427 g/mol. The molecule has 0 fully saturated rings. The van der Waals surface area contributed by atoms with Crippen LogP contribution in [0.4, 0.5) is 13.2 Å². The molecule has 0 saturated carbocycles. The third kappa shape index (κ3) is 3.55. The van der Waals surface area contributed by atoms with Crippen molar-refractivity contribution in [1.29, 1.82) is 0 Å². The van der Waals surface area contributed by atoms with Crippen LogP contribution in [0, 0.1) is 0 Å². The summed E-state index contributed by atoms with van der Waals surface area (Å²) in [4.78, 5) is 10.6. The fraction of sp³-hybridized carbons (Fsp3) is 0.400. The molecule has 8 nitrogen and oxygen atoms in total. The molecule has 154 valence electrons. The van der Waals surface area contributed by atoms with Crippen molar-refractivity contribution in [3.63, 3.8) is 0 Å². The SMILES string of the molecule is CS(=O)(=O)c1cc(OS(=O)(=O)C(F)(F)F)cc2cc3n(c12)C(CC(=O)O)CC3. The Bertz CT molecular complexity index is 1180. The second kappa shape index (κ2) is 6.37. The van der Waals surface area contributed by atoms with Crippen molar-refractivity contribution >= 4 is 36.8 Å². The molecule has 0 amide bonds. The highest BCUT2D eigenvalue weighted by Gasteiger charge is 2.48. The van der Waals surface area contributed by atoms with E-state index in [0.717, 1.165) is 12.3 Å².